The molecule has 2 aromatic heterocycles. The molecule has 0 spiro atoms. The largest absolute Gasteiger partial charge is 0.369 e. The van der Waals surface area contributed by atoms with Crippen molar-refractivity contribution in [2.45, 2.75) is 32.1 Å². The fraction of sp³-hybridized carbons (Fsp3) is 0.364. The van der Waals surface area contributed by atoms with Crippen LogP contribution >= 0.6 is 0 Å². The highest BCUT2D eigenvalue weighted by Gasteiger charge is 2.21. The van der Waals surface area contributed by atoms with Gasteiger partial charge in [0.2, 0.25) is 0 Å². The number of aromatic amines is 1. The number of pyridine rings is 1. The van der Waals surface area contributed by atoms with Gasteiger partial charge in [0.25, 0.3) is 5.91 Å². The monoisotopic (exact) mass is 362 g/mol. The van der Waals surface area contributed by atoms with Crippen molar-refractivity contribution in [3.05, 3.63) is 59.9 Å². The molecular weight excluding hydrogens is 336 g/mol. The molecule has 4 rings (SSSR count). The number of aryl methyl sites for hydroxylation is 1. The molecule has 0 atom stereocenters. The van der Waals surface area contributed by atoms with Crippen LogP contribution in [0, 0.1) is 0 Å². The van der Waals surface area contributed by atoms with Crippen LogP contribution in [0.1, 0.15) is 41.6 Å². The third kappa shape index (κ3) is 3.97. The van der Waals surface area contributed by atoms with Crippen molar-refractivity contribution >= 4 is 22.6 Å². The van der Waals surface area contributed by atoms with Crippen LogP contribution in [0.2, 0.25) is 0 Å². The van der Waals surface area contributed by atoms with E-state index in [4.69, 9.17) is 0 Å². The average molecular weight is 362 g/mol. The van der Waals surface area contributed by atoms with Gasteiger partial charge in [-0.1, -0.05) is 18.2 Å². The number of benzene rings is 1. The number of H-pyrrole nitrogens is 1. The van der Waals surface area contributed by atoms with Gasteiger partial charge in [0.15, 0.2) is 0 Å². The van der Waals surface area contributed by atoms with E-state index >= 15 is 0 Å². The summed E-state index contributed by atoms with van der Waals surface area (Å²) in [6.07, 6.45) is 9.22. The first-order valence-corrected chi connectivity index (χ1v) is 9.86. The van der Waals surface area contributed by atoms with Crippen LogP contribution in [-0.4, -0.2) is 40.4 Å². The van der Waals surface area contributed by atoms with Crippen LogP contribution in [0.3, 0.4) is 0 Å². The van der Waals surface area contributed by atoms with Crippen LogP contribution in [-0.2, 0) is 6.42 Å². The Hall–Kier alpha value is -2.82. The van der Waals surface area contributed by atoms with Crippen LogP contribution in [0.5, 0.6) is 0 Å². The van der Waals surface area contributed by atoms with Crippen LogP contribution in [0.15, 0.2) is 48.8 Å². The highest BCUT2D eigenvalue weighted by Crippen LogP contribution is 2.20. The quantitative estimate of drug-likeness (QED) is 0.645. The third-order valence-electron chi connectivity index (χ3n) is 5.27. The van der Waals surface area contributed by atoms with Gasteiger partial charge in [0, 0.05) is 42.9 Å². The second kappa shape index (κ2) is 8.25. The van der Waals surface area contributed by atoms with Crippen molar-refractivity contribution in [3.8, 4) is 0 Å². The molecule has 140 valence electrons. The lowest BCUT2D eigenvalue weighted by molar-refractivity contribution is 0.0725. The van der Waals surface area contributed by atoms with Gasteiger partial charge in [-0.3, -0.25) is 4.79 Å². The summed E-state index contributed by atoms with van der Waals surface area (Å²) in [5, 5.41) is 4.66. The molecule has 5 nitrogen and oxygen atoms in total. The molecule has 2 N–H and O–H groups in total. The Morgan fingerprint density at radius 1 is 1.11 bits per heavy atom. The fourth-order valence-corrected chi connectivity index (χ4v) is 3.81. The summed E-state index contributed by atoms with van der Waals surface area (Å²) < 4.78 is 0. The minimum absolute atomic E-state index is 0.0990. The van der Waals surface area contributed by atoms with E-state index in [1.54, 1.807) is 6.20 Å². The zero-order valence-electron chi connectivity index (χ0n) is 15.6. The number of rotatable bonds is 6. The first kappa shape index (κ1) is 17.6. The molecule has 0 saturated carbocycles. The van der Waals surface area contributed by atoms with Gasteiger partial charge in [0.05, 0.1) is 5.56 Å². The fourth-order valence-electron chi connectivity index (χ4n) is 3.81. The molecular formula is C22H26N4O. The molecule has 0 aliphatic carbocycles. The van der Waals surface area contributed by atoms with Gasteiger partial charge >= 0.3 is 0 Å². The molecule has 1 aromatic carbocycles. The number of hydrogen-bond acceptors (Lipinski definition) is 3. The van der Waals surface area contributed by atoms with Crippen molar-refractivity contribution in [2.75, 3.05) is 25.0 Å². The topological polar surface area (TPSA) is 61.0 Å². The van der Waals surface area contributed by atoms with Crippen molar-refractivity contribution in [1.82, 2.24) is 14.9 Å². The zero-order valence-corrected chi connectivity index (χ0v) is 15.6. The maximum absolute atomic E-state index is 12.8. The van der Waals surface area contributed by atoms with Crippen LogP contribution < -0.4 is 5.32 Å². The third-order valence-corrected chi connectivity index (χ3v) is 5.27. The number of nitrogens with one attached hydrogen (secondary N) is 2. The standard InChI is InChI=1S/C22H26N4O/c27-22(26-14-4-1-5-15-26)19-10-7-13-24-21(19)23-12-6-8-17-16-25-20-11-3-2-9-18(17)20/h2-3,7,9-11,13,16,25H,1,4-6,8,12,14-15H2,(H,23,24). The lowest BCUT2D eigenvalue weighted by Gasteiger charge is -2.27. The summed E-state index contributed by atoms with van der Waals surface area (Å²) in [7, 11) is 0. The number of fused-ring (bicyclic) bond motifs is 1. The first-order valence-electron chi connectivity index (χ1n) is 9.86. The first-order chi connectivity index (χ1) is 13.3. The molecule has 1 saturated heterocycles. The number of carbonyl (C=O) groups is 1. The van der Waals surface area contributed by atoms with E-state index < -0.39 is 0 Å². The number of aromatic nitrogens is 2. The molecule has 0 radical (unpaired) electrons. The Morgan fingerprint density at radius 3 is 2.85 bits per heavy atom. The second-order valence-electron chi connectivity index (χ2n) is 7.14. The Morgan fingerprint density at radius 2 is 1.96 bits per heavy atom. The summed E-state index contributed by atoms with van der Waals surface area (Å²) in [5.74, 6) is 0.800. The van der Waals surface area contributed by atoms with E-state index in [9.17, 15) is 4.79 Å². The summed E-state index contributed by atoms with van der Waals surface area (Å²) >= 11 is 0. The molecule has 1 amide bonds. The molecule has 5 heteroatoms. The molecule has 0 bridgehead atoms. The number of para-hydroxylation sites is 1. The van der Waals surface area contributed by atoms with Gasteiger partial charge < -0.3 is 15.2 Å². The SMILES string of the molecule is O=C(c1cccnc1NCCCc1c[nH]c2ccccc12)N1CCCCC1. The molecule has 3 heterocycles. The minimum atomic E-state index is 0.0990. The minimum Gasteiger partial charge on any atom is -0.369 e. The predicted octanol–water partition coefficient (Wildman–Crippen LogP) is 4.23. The van der Waals surface area contributed by atoms with Crippen molar-refractivity contribution in [1.29, 1.82) is 0 Å². The number of piperidine rings is 1. The highest BCUT2D eigenvalue weighted by atomic mass is 16.2. The number of nitrogens with zero attached hydrogens (tertiary/aromatic N) is 2. The maximum atomic E-state index is 12.8. The Labute approximate surface area is 159 Å². The Bertz CT molecular complexity index is 911. The number of hydrogen-bond donors (Lipinski definition) is 2. The van der Waals surface area contributed by atoms with Gasteiger partial charge in [0.1, 0.15) is 5.82 Å². The summed E-state index contributed by atoms with van der Waals surface area (Å²) in [4.78, 5) is 22.5. The van der Waals surface area contributed by atoms with E-state index in [0.29, 0.717) is 11.4 Å². The van der Waals surface area contributed by atoms with Crippen LogP contribution in [0.25, 0.3) is 10.9 Å². The summed E-state index contributed by atoms with van der Waals surface area (Å²) in [5.41, 5.74) is 3.20. The van der Waals surface area contributed by atoms with E-state index in [1.165, 1.54) is 22.9 Å². The Balaban J connectivity index is 1.36. The number of amides is 1. The van der Waals surface area contributed by atoms with Gasteiger partial charge in [-0.15, -0.1) is 0 Å². The smallest absolute Gasteiger partial charge is 0.257 e. The maximum Gasteiger partial charge on any atom is 0.257 e. The zero-order chi connectivity index (χ0) is 18.5. The lowest BCUT2D eigenvalue weighted by atomic mass is 10.1. The number of likely N-dealkylation sites (tertiary alicyclic amines) is 1. The molecule has 0 unspecified atom stereocenters. The van der Waals surface area contributed by atoms with Gasteiger partial charge in [-0.25, -0.2) is 4.98 Å². The van der Waals surface area contributed by atoms with Crippen molar-refractivity contribution in [3.63, 3.8) is 0 Å². The molecule has 1 aliphatic rings. The Kier molecular flexibility index (Phi) is 5.37. The van der Waals surface area contributed by atoms with E-state index in [1.807, 2.05) is 23.1 Å². The average Bonchev–Trinajstić information content (AvgIpc) is 3.15. The van der Waals surface area contributed by atoms with Crippen molar-refractivity contribution < 1.29 is 4.79 Å². The van der Waals surface area contributed by atoms with E-state index in [0.717, 1.165) is 45.3 Å². The number of anilines is 1. The van der Waals surface area contributed by atoms with Gasteiger partial charge in [-0.05, 0) is 55.9 Å². The number of carbonyl (C=O) groups excluding carboxylic acids is 1. The highest BCUT2D eigenvalue weighted by molar-refractivity contribution is 5.98. The molecule has 27 heavy (non-hydrogen) atoms. The predicted molar refractivity (Wildman–Crippen MR) is 109 cm³/mol. The molecule has 1 aliphatic heterocycles. The van der Waals surface area contributed by atoms with Crippen LogP contribution in [0.4, 0.5) is 5.82 Å². The molecule has 3 aromatic rings. The normalized spacial score (nSPS) is 14.4. The van der Waals surface area contributed by atoms with E-state index in [-0.39, 0.29) is 5.91 Å². The van der Waals surface area contributed by atoms with Crippen molar-refractivity contribution in [2.24, 2.45) is 0 Å². The van der Waals surface area contributed by atoms with E-state index in [2.05, 4.69) is 39.7 Å². The summed E-state index contributed by atoms with van der Waals surface area (Å²) in [6.45, 7) is 2.50. The molecule has 1 fully saturated rings. The summed E-state index contributed by atoms with van der Waals surface area (Å²) in [6, 6.07) is 12.1. The second-order valence-corrected chi connectivity index (χ2v) is 7.14. The van der Waals surface area contributed by atoms with Gasteiger partial charge in [-0.2, -0.15) is 0 Å². The lowest BCUT2D eigenvalue weighted by Crippen LogP contribution is -2.36.